The lowest BCUT2D eigenvalue weighted by Crippen LogP contribution is -2.12. The van der Waals surface area contributed by atoms with Crippen molar-refractivity contribution in [2.24, 2.45) is 20.5 Å². The standard InChI is InChI=1S/C49H40N8O21S5/c1-75-41-17-26(49(59)50-28-7-5-25-16-30(80(63,64)65)21-40(34(25)19-28)78-13-4-14-79(60,61)62)6-11-36(41)51-52-38-23-43(77-3)39(24-42(38)76-2)53-54-47-45(83(72,73)74)18-27-15-29(8-9-32(27)48(47)58)57-55-37-12-10-33-35(46(37)56-57)20-31(81(66,67)68)22-44(33)82(69,70)71/h5-12,15-24,58H,4,13-14H2,1-3H3,(H,50,59)(H,60,61,62)(H,63,64,65)(H,66,67,68)(H,69,70,71)(H,72,73,74). The van der Waals surface area contributed by atoms with Crippen molar-refractivity contribution in [2.75, 3.05) is 39.0 Å². The van der Waals surface area contributed by atoms with Crippen molar-refractivity contribution >= 4 is 128 Å². The molecule has 9 rings (SSSR count). The molecule has 0 aliphatic rings. The second kappa shape index (κ2) is 22.1. The molecular formula is C49H40N8O21S5. The van der Waals surface area contributed by atoms with Gasteiger partial charge in [0.25, 0.3) is 56.5 Å². The molecule has 0 aliphatic carbocycles. The monoisotopic (exact) mass is 1240 g/mol. The lowest BCUT2D eigenvalue weighted by Gasteiger charge is -2.13. The molecule has 0 atom stereocenters. The van der Waals surface area contributed by atoms with Gasteiger partial charge in [-0.1, -0.05) is 12.1 Å². The minimum absolute atomic E-state index is 0.00843. The van der Waals surface area contributed by atoms with Gasteiger partial charge in [-0.25, -0.2) is 0 Å². The number of rotatable bonds is 19. The van der Waals surface area contributed by atoms with E-state index in [-0.39, 0.29) is 113 Å². The molecule has 83 heavy (non-hydrogen) atoms. The molecule has 7 N–H and O–H groups in total. The molecule has 0 saturated carbocycles. The summed E-state index contributed by atoms with van der Waals surface area (Å²) in [5, 5.41) is 39.8. The molecule has 1 aromatic heterocycles. The number of carbonyl (C=O) groups excluding carboxylic acids is 1. The van der Waals surface area contributed by atoms with E-state index in [0.717, 1.165) is 23.0 Å². The Morgan fingerprint density at radius 2 is 1.16 bits per heavy atom. The number of fused-ring (bicyclic) bond motifs is 5. The van der Waals surface area contributed by atoms with Crippen LogP contribution in [-0.2, 0) is 50.6 Å². The Kier molecular flexibility index (Phi) is 15.7. The number of aromatic nitrogens is 3. The number of anilines is 1. The number of aromatic hydroxyl groups is 1. The summed E-state index contributed by atoms with van der Waals surface area (Å²) in [6, 6.07) is 22.4. The van der Waals surface area contributed by atoms with E-state index in [0.29, 0.717) is 6.07 Å². The number of amides is 1. The molecule has 0 unspecified atom stereocenters. The summed E-state index contributed by atoms with van der Waals surface area (Å²) in [5.41, 5.74) is -0.229. The van der Waals surface area contributed by atoms with Gasteiger partial charge in [0.1, 0.15) is 66.6 Å². The van der Waals surface area contributed by atoms with Crippen molar-refractivity contribution in [3.63, 3.8) is 0 Å². The largest absolute Gasteiger partial charge is 0.505 e. The SMILES string of the molecule is COc1cc(C(=O)Nc2ccc3cc(S(=O)(=O)O)cc(OCCCS(=O)(=O)O)c3c2)ccc1N=Nc1cc(OC)c(N=Nc2c(S(=O)(=O)O)cc3cc(-n4nc5ccc6c(S(=O)(=O)O)cc(S(=O)(=O)O)cc6c5n4)ccc3c2O)cc1OC. The van der Waals surface area contributed by atoms with Crippen LogP contribution in [0.2, 0.25) is 0 Å². The summed E-state index contributed by atoms with van der Waals surface area (Å²) < 4.78 is 192. The Hall–Kier alpha value is -8.84. The normalized spacial score (nSPS) is 12.7. The molecule has 0 spiro atoms. The van der Waals surface area contributed by atoms with E-state index >= 15 is 0 Å². The highest BCUT2D eigenvalue weighted by Crippen LogP contribution is 2.46. The highest BCUT2D eigenvalue weighted by atomic mass is 32.2. The highest BCUT2D eigenvalue weighted by molar-refractivity contribution is 7.87. The van der Waals surface area contributed by atoms with Crippen LogP contribution in [0.5, 0.6) is 28.7 Å². The first-order chi connectivity index (χ1) is 38.9. The van der Waals surface area contributed by atoms with Gasteiger partial charge >= 0.3 is 0 Å². The first-order valence-electron chi connectivity index (χ1n) is 23.2. The number of nitrogens with one attached hydrogen (secondary N) is 1. The number of carbonyl (C=O) groups is 1. The molecule has 432 valence electrons. The van der Waals surface area contributed by atoms with E-state index in [1.165, 1.54) is 106 Å². The van der Waals surface area contributed by atoms with Crippen LogP contribution in [0, 0.1) is 0 Å². The number of benzene rings is 8. The zero-order chi connectivity index (χ0) is 60.1. The minimum Gasteiger partial charge on any atom is -0.505 e. The second-order valence-corrected chi connectivity index (χ2v) is 24.8. The maximum absolute atomic E-state index is 13.5. The third-order valence-electron chi connectivity index (χ3n) is 12.2. The van der Waals surface area contributed by atoms with Gasteiger partial charge in [-0.05, 0) is 96.1 Å². The van der Waals surface area contributed by atoms with Crippen LogP contribution in [0.4, 0.5) is 28.4 Å². The summed E-state index contributed by atoms with van der Waals surface area (Å²) >= 11 is 0. The number of methoxy groups -OCH3 is 3. The summed E-state index contributed by atoms with van der Waals surface area (Å²) in [4.78, 5) is 11.4. The molecule has 34 heteroatoms. The third kappa shape index (κ3) is 12.6. The first kappa shape index (κ1) is 58.8. The van der Waals surface area contributed by atoms with Gasteiger partial charge in [0, 0.05) is 51.0 Å². The molecule has 9 aromatic rings. The second-order valence-electron chi connectivity index (χ2n) is 17.6. The van der Waals surface area contributed by atoms with Crippen LogP contribution >= 0.6 is 0 Å². The number of phenolic OH excluding ortho intramolecular Hbond substituents is 1. The van der Waals surface area contributed by atoms with Gasteiger partial charge < -0.3 is 29.4 Å². The molecule has 1 heterocycles. The topological polar surface area (TPSA) is 438 Å². The fraction of sp³-hybridized carbons (Fsp3) is 0.122. The van der Waals surface area contributed by atoms with Crippen LogP contribution in [0.3, 0.4) is 0 Å². The van der Waals surface area contributed by atoms with Crippen LogP contribution in [0.1, 0.15) is 16.8 Å². The van der Waals surface area contributed by atoms with E-state index < -0.39 is 93.3 Å². The van der Waals surface area contributed by atoms with E-state index in [1.807, 2.05) is 0 Å². The zero-order valence-electron chi connectivity index (χ0n) is 42.5. The predicted molar refractivity (Wildman–Crippen MR) is 294 cm³/mol. The van der Waals surface area contributed by atoms with Crippen molar-refractivity contribution in [3.05, 3.63) is 115 Å². The third-order valence-corrected chi connectivity index (χ3v) is 16.5. The van der Waals surface area contributed by atoms with Gasteiger partial charge in [0.05, 0.1) is 49.2 Å². The Morgan fingerprint density at radius 1 is 0.542 bits per heavy atom. The number of nitrogens with zero attached hydrogens (tertiary/aromatic N) is 7. The number of hydrogen-bond donors (Lipinski definition) is 7. The van der Waals surface area contributed by atoms with Crippen LogP contribution in [0.15, 0.2) is 149 Å². The molecule has 0 saturated heterocycles. The lowest BCUT2D eigenvalue weighted by atomic mass is 10.1. The number of ether oxygens (including phenoxy) is 4. The van der Waals surface area contributed by atoms with Crippen molar-refractivity contribution in [1.82, 2.24) is 15.0 Å². The minimum atomic E-state index is -5.18. The van der Waals surface area contributed by atoms with Crippen molar-refractivity contribution in [3.8, 4) is 34.4 Å². The van der Waals surface area contributed by atoms with E-state index in [2.05, 4.69) is 36.0 Å². The summed E-state index contributed by atoms with van der Waals surface area (Å²) in [6.45, 7) is -0.266. The summed E-state index contributed by atoms with van der Waals surface area (Å²) in [6.07, 6.45) is -0.160. The smallest absolute Gasteiger partial charge is 0.296 e. The number of hydrogen-bond acceptors (Lipinski definition) is 22. The van der Waals surface area contributed by atoms with Crippen LogP contribution < -0.4 is 24.3 Å². The highest BCUT2D eigenvalue weighted by Gasteiger charge is 2.26. The van der Waals surface area contributed by atoms with Gasteiger partial charge in [-0.3, -0.25) is 27.6 Å². The van der Waals surface area contributed by atoms with Gasteiger partial charge in [0.2, 0.25) is 0 Å². The fourth-order valence-electron chi connectivity index (χ4n) is 8.39. The van der Waals surface area contributed by atoms with Crippen molar-refractivity contribution in [1.29, 1.82) is 0 Å². The van der Waals surface area contributed by atoms with Crippen molar-refractivity contribution in [2.45, 2.75) is 26.0 Å². The molecule has 29 nitrogen and oxygen atoms in total. The molecule has 8 aromatic carbocycles. The quantitative estimate of drug-likeness (QED) is 0.0227. The van der Waals surface area contributed by atoms with Crippen LogP contribution in [-0.4, -0.2) is 125 Å². The molecule has 0 bridgehead atoms. The lowest BCUT2D eigenvalue weighted by molar-refractivity contribution is 0.102. The fourth-order valence-corrected chi connectivity index (χ4v) is 11.4. The Labute approximate surface area is 469 Å². The van der Waals surface area contributed by atoms with E-state index in [4.69, 9.17) is 23.5 Å². The molecule has 0 aliphatic heterocycles. The maximum atomic E-state index is 13.5. The zero-order valence-corrected chi connectivity index (χ0v) is 46.6. The molecule has 0 radical (unpaired) electrons. The van der Waals surface area contributed by atoms with E-state index in [9.17, 15) is 70.2 Å². The predicted octanol–water partition coefficient (Wildman–Crippen LogP) is 8.34. The molecule has 1 amide bonds. The molecular weight excluding hydrogens is 1200 g/mol. The average molecular weight is 1240 g/mol. The van der Waals surface area contributed by atoms with E-state index in [1.54, 1.807) is 0 Å². The van der Waals surface area contributed by atoms with Crippen molar-refractivity contribution < 1.29 is 93.7 Å². The Morgan fingerprint density at radius 3 is 1.78 bits per heavy atom. The number of phenols is 1. The Bertz CT molecular complexity index is 4870. The summed E-state index contributed by atoms with van der Waals surface area (Å²) in [5.74, 6) is -2.04. The summed E-state index contributed by atoms with van der Waals surface area (Å²) in [7, 11) is -20.4. The van der Waals surface area contributed by atoms with Gasteiger partial charge in [-0.15, -0.1) is 30.7 Å². The maximum Gasteiger partial charge on any atom is 0.296 e. The first-order valence-corrected chi connectivity index (χ1v) is 30.6. The number of azo groups is 2. The molecule has 0 fully saturated rings. The average Bonchev–Trinajstić information content (AvgIpc) is 4.16. The van der Waals surface area contributed by atoms with Gasteiger partial charge in [0.15, 0.2) is 5.75 Å². The van der Waals surface area contributed by atoms with Crippen LogP contribution in [0.25, 0.3) is 49.0 Å². The van der Waals surface area contributed by atoms with Gasteiger partial charge in [-0.2, -0.15) is 46.9 Å². The Balaban J connectivity index is 0.974.